The van der Waals surface area contributed by atoms with Crippen molar-refractivity contribution in [1.82, 2.24) is 4.98 Å². The fourth-order valence-corrected chi connectivity index (χ4v) is 4.08. The van der Waals surface area contributed by atoms with Crippen molar-refractivity contribution in [2.24, 2.45) is 0 Å². The number of benzene rings is 2. The second-order valence-corrected chi connectivity index (χ2v) is 8.76. The molecule has 3 rings (SSSR count). The lowest BCUT2D eigenvalue weighted by molar-refractivity contribution is 0.0525. The average molecular weight is 547 g/mol. The predicted octanol–water partition coefficient (Wildman–Crippen LogP) is 6.71. The maximum absolute atomic E-state index is 13.0. The van der Waals surface area contributed by atoms with E-state index < -0.39 is 11.9 Å². The monoisotopic (exact) mass is 545 g/mol. The van der Waals surface area contributed by atoms with Crippen molar-refractivity contribution in [3.8, 4) is 16.9 Å². The molecule has 0 spiro atoms. The normalized spacial score (nSPS) is 10.6. The zero-order chi connectivity index (χ0) is 24.8. The minimum absolute atomic E-state index is 0.179. The third-order valence-corrected chi connectivity index (χ3v) is 5.78. The Hall–Kier alpha value is -2.90. The lowest BCUT2D eigenvalue weighted by Gasteiger charge is -2.20. The van der Waals surface area contributed by atoms with Crippen LogP contribution < -0.4 is 4.74 Å². The fraction of sp³-hybridized carbons (Fsp3) is 0.269. The predicted molar refractivity (Wildman–Crippen MR) is 135 cm³/mol. The van der Waals surface area contributed by atoms with Gasteiger partial charge in [-0.1, -0.05) is 39.7 Å². The van der Waals surface area contributed by atoms with E-state index in [1.54, 1.807) is 52.0 Å². The van der Waals surface area contributed by atoms with Crippen LogP contribution in [0.4, 0.5) is 0 Å². The number of halogens is 2. The van der Waals surface area contributed by atoms with Crippen LogP contribution in [0.1, 0.15) is 51.5 Å². The summed E-state index contributed by atoms with van der Waals surface area (Å²) in [7, 11) is 0. The SMILES string of the molecule is CCOC(=O)c1c(C)nc(C)c(C(=O)OCC)c1-c1cc(Br)ccc1OCc1ccc(Cl)cc1. The number of esters is 2. The number of carbonyl (C=O) groups is 2. The molecular weight excluding hydrogens is 522 g/mol. The largest absolute Gasteiger partial charge is 0.488 e. The van der Waals surface area contributed by atoms with Gasteiger partial charge < -0.3 is 14.2 Å². The lowest BCUT2D eigenvalue weighted by atomic mass is 9.91. The van der Waals surface area contributed by atoms with E-state index >= 15 is 0 Å². The first-order valence-corrected chi connectivity index (χ1v) is 12.0. The number of aryl methyl sites for hydroxylation is 2. The van der Waals surface area contributed by atoms with Gasteiger partial charge in [0.15, 0.2) is 0 Å². The van der Waals surface area contributed by atoms with Gasteiger partial charge in [-0.2, -0.15) is 0 Å². The molecule has 0 atom stereocenters. The van der Waals surface area contributed by atoms with Crippen molar-refractivity contribution in [3.63, 3.8) is 0 Å². The summed E-state index contributed by atoms with van der Waals surface area (Å²) in [5, 5.41) is 0.633. The third kappa shape index (κ3) is 5.77. The molecule has 178 valence electrons. The van der Waals surface area contributed by atoms with Crippen LogP contribution in [-0.4, -0.2) is 30.1 Å². The molecule has 0 aliphatic carbocycles. The lowest BCUT2D eigenvalue weighted by Crippen LogP contribution is -2.17. The van der Waals surface area contributed by atoms with E-state index in [-0.39, 0.29) is 30.9 Å². The van der Waals surface area contributed by atoms with E-state index in [0.717, 1.165) is 10.0 Å². The second kappa shape index (κ2) is 11.5. The molecule has 3 aromatic rings. The first kappa shape index (κ1) is 25.7. The van der Waals surface area contributed by atoms with Gasteiger partial charge in [0.25, 0.3) is 0 Å². The number of nitrogens with zero attached hydrogens (tertiary/aromatic N) is 1. The smallest absolute Gasteiger partial charge is 0.340 e. The second-order valence-electron chi connectivity index (χ2n) is 7.40. The molecule has 34 heavy (non-hydrogen) atoms. The topological polar surface area (TPSA) is 74.7 Å². The zero-order valence-corrected chi connectivity index (χ0v) is 21.7. The number of aromatic nitrogens is 1. The molecule has 0 aliphatic heterocycles. The summed E-state index contributed by atoms with van der Waals surface area (Å²) < 4.78 is 17.5. The summed E-state index contributed by atoms with van der Waals surface area (Å²) in [6, 6.07) is 12.7. The highest BCUT2D eigenvalue weighted by molar-refractivity contribution is 9.10. The molecule has 0 unspecified atom stereocenters. The van der Waals surface area contributed by atoms with Crippen LogP contribution in [0.25, 0.3) is 11.1 Å². The van der Waals surface area contributed by atoms with Gasteiger partial charge in [0.1, 0.15) is 12.4 Å². The van der Waals surface area contributed by atoms with Gasteiger partial charge in [0, 0.05) is 20.6 Å². The molecule has 0 N–H and O–H groups in total. The van der Waals surface area contributed by atoms with Crippen LogP contribution in [0.2, 0.25) is 5.02 Å². The average Bonchev–Trinajstić information content (AvgIpc) is 2.79. The highest BCUT2D eigenvalue weighted by atomic mass is 79.9. The molecule has 2 aromatic carbocycles. The Bertz CT molecular complexity index is 1170. The van der Waals surface area contributed by atoms with E-state index in [2.05, 4.69) is 20.9 Å². The maximum atomic E-state index is 13.0. The number of pyridine rings is 1. The number of hydrogen-bond acceptors (Lipinski definition) is 6. The first-order chi connectivity index (χ1) is 16.3. The van der Waals surface area contributed by atoms with Gasteiger partial charge in [-0.05, 0) is 63.6 Å². The molecule has 0 saturated carbocycles. The van der Waals surface area contributed by atoms with Crippen LogP contribution in [0, 0.1) is 13.8 Å². The van der Waals surface area contributed by atoms with Crippen molar-refractivity contribution < 1.29 is 23.8 Å². The summed E-state index contributed by atoms with van der Waals surface area (Å²) >= 11 is 9.49. The molecule has 1 heterocycles. The van der Waals surface area contributed by atoms with E-state index in [1.807, 2.05) is 18.2 Å². The molecule has 0 aliphatic rings. The first-order valence-electron chi connectivity index (χ1n) is 10.8. The van der Waals surface area contributed by atoms with Crippen LogP contribution in [-0.2, 0) is 16.1 Å². The summed E-state index contributed by atoms with van der Waals surface area (Å²) in [6.45, 7) is 7.49. The molecule has 0 bridgehead atoms. The van der Waals surface area contributed by atoms with Gasteiger partial charge in [-0.25, -0.2) is 9.59 Å². The van der Waals surface area contributed by atoms with Crippen LogP contribution in [0.5, 0.6) is 5.75 Å². The molecule has 1 aromatic heterocycles. The number of ether oxygens (including phenoxy) is 3. The molecule has 0 saturated heterocycles. The zero-order valence-electron chi connectivity index (χ0n) is 19.4. The molecular formula is C26H25BrClNO5. The molecule has 8 heteroatoms. The Morgan fingerprint density at radius 2 is 1.47 bits per heavy atom. The summed E-state index contributed by atoms with van der Waals surface area (Å²) in [5.41, 5.74) is 3.12. The highest BCUT2D eigenvalue weighted by Crippen LogP contribution is 2.40. The summed E-state index contributed by atoms with van der Waals surface area (Å²) in [5.74, 6) is -0.660. The maximum Gasteiger partial charge on any atom is 0.340 e. The number of rotatable bonds is 8. The van der Waals surface area contributed by atoms with Crippen LogP contribution >= 0.6 is 27.5 Å². The van der Waals surface area contributed by atoms with Gasteiger partial charge in [0.2, 0.25) is 0 Å². The Balaban J connectivity index is 2.23. The Morgan fingerprint density at radius 3 is 2.00 bits per heavy atom. The van der Waals surface area contributed by atoms with Crippen molar-refractivity contribution in [1.29, 1.82) is 0 Å². The molecule has 0 amide bonds. The molecule has 0 fully saturated rings. The summed E-state index contributed by atoms with van der Waals surface area (Å²) in [6.07, 6.45) is 0. The molecule has 6 nitrogen and oxygen atoms in total. The number of hydrogen-bond donors (Lipinski definition) is 0. The van der Waals surface area contributed by atoms with Crippen LogP contribution in [0.3, 0.4) is 0 Å². The Morgan fingerprint density at radius 1 is 0.912 bits per heavy atom. The van der Waals surface area contributed by atoms with Gasteiger partial charge >= 0.3 is 11.9 Å². The van der Waals surface area contributed by atoms with E-state index in [1.165, 1.54) is 0 Å². The Labute approximate surface area is 212 Å². The van der Waals surface area contributed by atoms with Crippen LogP contribution in [0.15, 0.2) is 46.9 Å². The van der Waals surface area contributed by atoms with E-state index in [0.29, 0.717) is 33.3 Å². The quantitative estimate of drug-likeness (QED) is 0.292. The van der Waals surface area contributed by atoms with Crippen molar-refractivity contribution in [2.75, 3.05) is 13.2 Å². The third-order valence-electron chi connectivity index (χ3n) is 5.04. The standard InChI is InChI=1S/C26H25BrClNO5/c1-5-32-25(30)22-15(3)29-16(4)23(26(31)33-6-2)24(22)20-13-18(27)9-12-21(20)34-14-17-7-10-19(28)11-8-17/h7-13H,5-6,14H2,1-4H3. The summed E-state index contributed by atoms with van der Waals surface area (Å²) in [4.78, 5) is 30.5. The van der Waals surface area contributed by atoms with Gasteiger partial charge in [0.05, 0.1) is 35.7 Å². The van der Waals surface area contributed by atoms with E-state index in [9.17, 15) is 9.59 Å². The number of carbonyl (C=O) groups excluding carboxylic acids is 2. The fourth-order valence-electron chi connectivity index (χ4n) is 3.59. The van der Waals surface area contributed by atoms with Gasteiger partial charge in [-0.15, -0.1) is 0 Å². The van der Waals surface area contributed by atoms with Crippen molar-refractivity contribution in [3.05, 3.63) is 80.0 Å². The minimum Gasteiger partial charge on any atom is -0.488 e. The van der Waals surface area contributed by atoms with E-state index in [4.69, 9.17) is 25.8 Å². The van der Waals surface area contributed by atoms with Crippen molar-refractivity contribution >= 4 is 39.5 Å². The Kier molecular flexibility index (Phi) is 8.69. The minimum atomic E-state index is -0.573. The highest BCUT2D eigenvalue weighted by Gasteiger charge is 2.29. The van der Waals surface area contributed by atoms with Gasteiger partial charge in [-0.3, -0.25) is 4.98 Å². The molecule has 0 radical (unpaired) electrons. The van der Waals surface area contributed by atoms with Crippen molar-refractivity contribution in [2.45, 2.75) is 34.3 Å².